The van der Waals surface area contributed by atoms with Gasteiger partial charge in [0.05, 0.1) is 0 Å². The highest BCUT2D eigenvalue weighted by molar-refractivity contribution is 7.12. The zero-order valence-corrected chi connectivity index (χ0v) is 9.03. The molecule has 2 heteroatoms. The number of rotatable bonds is 3. The topological polar surface area (TPSA) is 20.2 Å². The molecule has 1 heterocycles. The first kappa shape index (κ1) is 9.22. The Labute approximate surface area is 83.4 Å². The Bertz CT molecular complexity index is 305. The van der Waals surface area contributed by atoms with Crippen LogP contribution in [0.25, 0.3) is 0 Å². The van der Waals surface area contributed by atoms with Gasteiger partial charge in [-0.05, 0) is 30.9 Å². The molecule has 0 amide bonds. The maximum absolute atomic E-state index is 10.2. The Morgan fingerprint density at radius 2 is 2.31 bits per heavy atom. The second-order valence-electron chi connectivity index (χ2n) is 3.85. The molecule has 72 valence electrons. The Balaban J connectivity index is 2.18. The van der Waals surface area contributed by atoms with Crippen LogP contribution in [0.5, 0.6) is 0 Å². The van der Waals surface area contributed by atoms with Gasteiger partial charge in [-0.25, -0.2) is 0 Å². The zero-order valence-electron chi connectivity index (χ0n) is 8.21. The van der Waals surface area contributed by atoms with E-state index in [-0.39, 0.29) is 0 Å². The standard InChI is InChI=1S/C11H16OS/c1-3-8-7-11(8,12)10-6-5-9(4-2)13-10/h5-6,8,12H,3-4,7H2,1-2H3. The van der Waals surface area contributed by atoms with E-state index >= 15 is 0 Å². The van der Waals surface area contributed by atoms with E-state index in [1.807, 2.05) is 0 Å². The van der Waals surface area contributed by atoms with Crippen molar-refractivity contribution in [3.8, 4) is 0 Å². The van der Waals surface area contributed by atoms with E-state index in [2.05, 4.69) is 26.0 Å². The van der Waals surface area contributed by atoms with Crippen molar-refractivity contribution in [1.29, 1.82) is 0 Å². The SMILES string of the molecule is CCc1ccc(C2(O)CC2CC)s1. The molecule has 1 saturated carbocycles. The number of aryl methyl sites for hydroxylation is 1. The molecule has 1 aromatic heterocycles. The lowest BCUT2D eigenvalue weighted by molar-refractivity contribution is 0.134. The van der Waals surface area contributed by atoms with E-state index in [4.69, 9.17) is 0 Å². The monoisotopic (exact) mass is 196 g/mol. The highest BCUT2D eigenvalue weighted by Gasteiger charge is 2.53. The molecule has 2 unspecified atom stereocenters. The Kier molecular flexibility index (Phi) is 2.20. The van der Waals surface area contributed by atoms with Crippen LogP contribution in [0.2, 0.25) is 0 Å². The number of hydrogen-bond donors (Lipinski definition) is 1. The Morgan fingerprint density at radius 1 is 1.54 bits per heavy atom. The van der Waals surface area contributed by atoms with Crippen molar-refractivity contribution >= 4 is 11.3 Å². The van der Waals surface area contributed by atoms with Crippen LogP contribution in [-0.2, 0) is 12.0 Å². The lowest BCUT2D eigenvalue weighted by Gasteiger charge is -2.05. The maximum Gasteiger partial charge on any atom is 0.102 e. The number of aliphatic hydroxyl groups is 1. The van der Waals surface area contributed by atoms with Gasteiger partial charge in [0.1, 0.15) is 5.60 Å². The molecule has 1 fully saturated rings. The molecular formula is C11H16OS. The molecule has 2 rings (SSSR count). The molecule has 0 saturated heterocycles. The summed E-state index contributed by atoms with van der Waals surface area (Å²) in [6.07, 6.45) is 3.14. The molecule has 0 aromatic carbocycles. The van der Waals surface area contributed by atoms with Crippen molar-refractivity contribution in [1.82, 2.24) is 0 Å². The van der Waals surface area contributed by atoms with Gasteiger partial charge in [-0.2, -0.15) is 0 Å². The number of thiophene rings is 1. The summed E-state index contributed by atoms with van der Waals surface area (Å²) in [5.74, 6) is 0.510. The van der Waals surface area contributed by atoms with E-state index in [9.17, 15) is 5.11 Å². The molecule has 1 aromatic rings. The average Bonchev–Trinajstić information content (AvgIpc) is 2.65. The molecule has 0 bridgehead atoms. The van der Waals surface area contributed by atoms with Crippen LogP contribution in [-0.4, -0.2) is 5.11 Å². The molecule has 1 nitrogen and oxygen atoms in total. The Morgan fingerprint density at radius 3 is 2.77 bits per heavy atom. The molecule has 0 spiro atoms. The first-order valence-electron chi connectivity index (χ1n) is 5.02. The molecule has 1 aliphatic carbocycles. The van der Waals surface area contributed by atoms with E-state index in [1.54, 1.807) is 11.3 Å². The lowest BCUT2D eigenvalue weighted by Crippen LogP contribution is -2.05. The predicted octanol–water partition coefficient (Wildman–Crippen LogP) is 2.93. The third-order valence-corrected chi connectivity index (χ3v) is 4.40. The minimum absolute atomic E-state index is 0.452. The highest BCUT2D eigenvalue weighted by Crippen LogP contribution is 2.55. The van der Waals surface area contributed by atoms with Gasteiger partial charge in [0.25, 0.3) is 0 Å². The zero-order chi connectivity index (χ0) is 9.47. The highest BCUT2D eigenvalue weighted by atomic mass is 32.1. The van der Waals surface area contributed by atoms with E-state index in [0.29, 0.717) is 5.92 Å². The van der Waals surface area contributed by atoms with E-state index in [1.165, 1.54) is 9.75 Å². The van der Waals surface area contributed by atoms with E-state index < -0.39 is 5.60 Å². The Hall–Kier alpha value is -0.340. The minimum atomic E-state index is -0.452. The smallest absolute Gasteiger partial charge is 0.102 e. The summed E-state index contributed by atoms with van der Waals surface area (Å²) >= 11 is 1.77. The minimum Gasteiger partial charge on any atom is -0.384 e. The molecule has 2 atom stereocenters. The third kappa shape index (κ3) is 1.42. The molecule has 1 aliphatic rings. The average molecular weight is 196 g/mol. The second-order valence-corrected chi connectivity index (χ2v) is 5.02. The van der Waals surface area contributed by atoms with Gasteiger partial charge in [0.15, 0.2) is 0 Å². The van der Waals surface area contributed by atoms with Crippen LogP contribution in [0.1, 0.15) is 36.4 Å². The van der Waals surface area contributed by atoms with Gasteiger partial charge in [-0.1, -0.05) is 20.3 Å². The summed E-state index contributed by atoms with van der Waals surface area (Å²) < 4.78 is 0. The van der Waals surface area contributed by atoms with Crippen molar-refractivity contribution in [2.75, 3.05) is 0 Å². The van der Waals surface area contributed by atoms with Crippen LogP contribution >= 0.6 is 11.3 Å². The fourth-order valence-corrected chi connectivity index (χ4v) is 3.03. The fourth-order valence-electron chi connectivity index (χ4n) is 1.90. The van der Waals surface area contributed by atoms with Gasteiger partial charge in [-0.15, -0.1) is 11.3 Å². The van der Waals surface area contributed by atoms with Gasteiger partial charge < -0.3 is 5.11 Å². The summed E-state index contributed by atoms with van der Waals surface area (Å²) in [6.45, 7) is 4.31. The van der Waals surface area contributed by atoms with Crippen molar-refractivity contribution in [3.05, 3.63) is 21.9 Å². The quantitative estimate of drug-likeness (QED) is 0.788. The summed E-state index contributed by atoms with van der Waals surface area (Å²) in [7, 11) is 0. The third-order valence-electron chi connectivity index (χ3n) is 3.00. The van der Waals surface area contributed by atoms with Crippen molar-refractivity contribution in [2.45, 2.75) is 38.7 Å². The van der Waals surface area contributed by atoms with Crippen molar-refractivity contribution in [3.63, 3.8) is 0 Å². The largest absolute Gasteiger partial charge is 0.384 e. The first-order valence-corrected chi connectivity index (χ1v) is 5.84. The first-order chi connectivity index (χ1) is 6.20. The maximum atomic E-state index is 10.2. The fraction of sp³-hybridized carbons (Fsp3) is 0.636. The predicted molar refractivity (Wildman–Crippen MR) is 56.0 cm³/mol. The molecule has 1 N–H and O–H groups in total. The van der Waals surface area contributed by atoms with Gasteiger partial charge in [-0.3, -0.25) is 0 Å². The molecular weight excluding hydrogens is 180 g/mol. The van der Waals surface area contributed by atoms with Crippen LogP contribution in [0.3, 0.4) is 0 Å². The van der Waals surface area contributed by atoms with Gasteiger partial charge in [0.2, 0.25) is 0 Å². The number of hydrogen-bond acceptors (Lipinski definition) is 2. The molecule has 0 aliphatic heterocycles. The van der Waals surface area contributed by atoms with Crippen LogP contribution in [0.15, 0.2) is 12.1 Å². The summed E-state index contributed by atoms with van der Waals surface area (Å²) in [5, 5.41) is 10.2. The van der Waals surface area contributed by atoms with Crippen molar-refractivity contribution < 1.29 is 5.11 Å². The summed E-state index contributed by atoms with van der Waals surface area (Å²) in [5.41, 5.74) is -0.452. The molecule has 13 heavy (non-hydrogen) atoms. The molecule has 0 radical (unpaired) electrons. The van der Waals surface area contributed by atoms with Crippen LogP contribution in [0.4, 0.5) is 0 Å². The summed E-state index contributed by atoms with van der Waals surface area (Å²) in [6, 6.07) is 4.24. The second kappa shape index (κ2) is 3.10. The van der Waals surface area contributed by atoms with E-state index in [0.717, 1.165) is 19.3 Å². The van der Waals surface area contributed by atoms with Gasteiger partial charge in [0, 0.05) is 9.75 Å². The normalized spacial score (nSPS) is 32.1. The summed E-state index contributed by atoms with van der Waals surface area (Å²) in [4.78, 5) is 2.56. The lowest BCUT2D eigenvalue weighted by atomic mass is 10.2. The van der Waals surface area contributed by atoms with Crippen LogP contribution in [0, 0.1) is 5.92 Å². The van der Waals surface area contributed by atoms with Crippen LogP contribution < -0.4 is 0 Å². The van der Waals surface area contributed by atoms with Crippen molar-refractivity contribution in [2.24, 2.45) is 5.92 Å². The van der Waals surface area contributed by atoms with Gasteiger partial charge >= 0.3 is 0 Å².